The van der Waals surface area contributed by atoms with Crippen LogP contribution < -0.4 is 10.6 Å². The number of phenolic OH excluding ortho intramolecular Hbond substituents is 1. The smallest absolute Gasteiger partial charge is 0.417 e. The molecule has 0 saturated heterocycles. The molecule has 0 radical (unpaired) electrons. The van der Waals surface area contributed by atoms with Gasteiger partial charge in [0.1, 0.15) is 11.5 Å². The minimum atomic E-state index is -4.82. The van der Waals surface area contributed by atoms with Gasteiger partial charge in [-0.2, -0.15) is 18.4 Å². The third-order valence-electron chi connectivity index (χ3n) is 5.08. The lowest BCUT2D eigenvalue weighted by molar-refractivity contribution is -0.137. The first-order valence-corrected chi connectivity index (χ1v) is 10.3. The van der Waals surface area contributed by atoms with Gasteiger partial charge in [0.25, 0.3) is 5.91 Å². The Balaban J connectivity index is 2.00. The lowest BCUT2D eigenvalue weighted by atomic mass is 9.95. The Bertz CT molecular complexity index is 1490. The summed E-state index contributed by atoms with van der Waals surface area (Å²) < 4.78 is 41.3. The van der Waals surface area contributed by atoms with E-state index in [1.807, 2.05) is 0 Å². The number of nitrogens with one attached hydrogen (secondary N) is 3. The number of nitriles is 1. The van der Waals surface area contributed by atoms with Crippen LogP contribution in [0, 0.1) is 16.7 Å². The minimum absolute atomic E-state index is 0.0146. The summed E-state index contributed by atoms with van der Waals surface area (Å²) in [6.45, 7) is 1.14. The Kier molecular flexibility index (Phi) is 7.29. The number of carbonyl (C=O) groups is 3. The number of alkyl halides is 3. The van der Waals surface area contributed by atoms with Crippen molar-refractivity contribution in [2.45, 2.75) is 13.1 Å². The summed E-state index contributed by atoms with van der Waals surface area (Å²) in [5.41, 5.74) is -3.53. The zero-order valence-electron chi connectivity index (χ0n) is 18.9. The largest absolute Gasteiger partial charge is 0.507 e. The van der Waals surface area contributed by atoms with E-state index in [2.05, 4.69) is 10.6 Å². The fraction of sp³-hybridized carbons (Fsp3) is 0.0800. The molecule has 12 heteroatoms. The molecular weight excluding hydrogens is 493 g/mol. The average molecular weight is 510 g/mol. The van der Waals surface area contributed by atoms with Gasteiger partial charge in [0, 0.05) is 18.2 Å². The molecule has 2 amide bonds. The predicted molar refractivity (Wildman–Crippen MR) is 126 cm³/mol. The molecule has 0 fully saturated rings. The Morgan fingerprint density at radius 1 is 0.973 bits per heavy atom. The highest BCUT2D eigenvalue weighted by Gasteiger charge is 2.34. The first kappa shape index (κ1) is 26.4. The Morgan fingerprint density at radius 3 is 2.27 bits per heavy atom. The first-order chi connectivity index (χ1) is 17.3. The number of anilines is 2. The zero-order chi connectivity index (χ0) is 27.5. The van der Waals surface area contributed by atoms with Crippen LogP contribution in [-0.2, 0) is 15.8 Å². The summed E-state index contributed by atoms with van der Waals surface area (Å²) in [7, 11) is 0. The normalized spacial score (nSPS) is 10.8. The topological polar surface area (TPSA) is 163 Å². The standard InChI is InChI=1S/C25H17F3N4O5/c1-12(33)31-15-4-5-16(19(10-15)25(26,27)28)14-3-7-21(34)18(9-14)22(30)23(35)32-20-6-2-13(11-29)8-17(20)24(36)37/h2-10,30,34H,1H3,(H,31,33)(H,32,35)(H,36,37). The summed E-state index contributed by atoms with van der Waals surface area (Å²) in [6, 6.07) is 11.4. The number of nitrogens with zero attached hydrogens (tertiary/aromatic N) is 1. The van der Waals surface area contributed by atoms with Crippen molar-refractivity contribution in [3.05, 3.63) is 76.9 Å². The lowest BCUT2D eigenvalue weighted by Gasteiger charge is -2.16. The molecule has 0 unspecified atom stereocenters. The second-order valence-corrected chi connectivity index (χ2v) is 7.68. The summed E-state index contributed by atoms with van der Waals surface area (Å²) in [4.78, 5) is 35.4. The van der Waals surface area contributed by atoms with Crippen LogP contribution in [0.1, 0.15) is 34.0 Å². The number of carbonyl (C=O) groups excluding carboxylic acids is 2. The highest BCUT2D eigenvalue weighted by Crippen LogP contribution is 2.39. The third kappa shape index (κ3) is 5.91. The van der Waals surface area contributed by atoms with Gasteiger partial charge in [0.2, 0.25) is 5.91 Å². The molecule has 37 heavy (non-hydrogen) atoms. The van der Waals surface area contributed by atoms with Gasteiger partial charge in [-0.1, -0.05) is 12.1 Å². The van der Waals surface area contributed by atoms with Gasteiger partial charge in [-0.15, -0.1) is 0 Å². The maximum absolute atomic E-state index is 13.8. The van der Waals surface area contributed by atoms with Gasteiger partial charge < -0.3 is 20.8 Å². The summed E-state index contributed by atoms with van der Waals surface area (Å²) in [6.07, 6.45) is -4.82. The average Bonchev–Trinajstić information content (AvgIpc) is 2.83. The number of benzene rings is 3. The maximum atomic E-state index is 13.8. The molecule has 0 aromatic heterocycles. The van der Waals surface area contributed by atoms with Crippen molar-refractivity contribution in [1.82, 2.24) is 0 Å². The van der Waals surface area contributed by atoms with Gasteiger partial charge >= 0.3 is 12.1 Å². The second-order valence-electron chi connectivity index (χ2n) is 7.68. The number of rotatable bonds is 6. The number of halogens is 3. The minimum Gasteiger partial charge on any atom is -0.507 e. The van der Waals surface area contributed by atoms with E-state index in [0.717, 1.165) is 49.4 Å². The van der Waals surface area contributed by atoms with E-state index >= 15 is 0 Å². The molecule has 0 aliphatic heterocycles. The van der Waals surface area contributed by atoms with E-state index < -0.39 is 52.1 Å². The van der Waals surface area contributed by atoms with Crippen LogP contribution in [0.2, 0.25) is 0 Å². The van der Waals surface area contributed by atoms with E-state index in [4.69, 9.17) is 10.7 Å². The van der Waals surface area contributed by atoms with E-state index in [0.29, 0.717) is 0 Å². The molecule has 3 aromatic rings. The molecule has 0 spiro atoms. The number of phenols is 1. The molecule has 3 aromatic carbocycles. The van der Waals surface area contributed by atoms with Crippen LogP contribution in [0.5, 0.6) is 5.75 Å². The number of hydrogen-bond acceptors (Lipinski definition) is 6. The second kappa shape index (κ2) is 10.2. The van der Waals surface area contributed by atoms with E-state index in [9.17, 15) is 37.8 Å². The van der Waals surface area contributed by atoms with Crippen LogP contribution in [0.15, 0.2) is 54.6 Å². The highest BCUT2D eigenvalue weighted by molar-refractivity contribution is 6.48. The van der Waals surface area contributed by atoms with Gasteiger partial charge in [0.15, 0.2) is 0 Å². The highest BCUT2D eigenvalue weighted by atomic mass is 19.4. The summed E-state index contributed by atoms with van der Waals surface area (Å²) in [5.74, 6) is -3.76. The summed E-state index contributed by atoms with van der Waals surface area (Å²) in [5, 5.41) is 41.2. The molecule has 3 rings (SSSR count). The van der Waals surface area contributed by atoms with Crippen molar-refractivity contribution in [3.63, 3.8) is 0 Å². The number of carboxylic acids is 1. The molecule has 5 N–H and O–H groups in total. The van der Waals surface area contributed by atoms with E-state index in [-0.39, 0.29) is 28.1 Å². The first-order valence-electron chi connectivity index (χ1n) is 10.3. The molecule has 0 bridgehead atoms. The molecule has 0 aliphatic rings. The molecule has 0 aliphatic carbocycles. The molecule has 9 nitrogen and oxygen atoms in total. The number of hydrogen-bond donors (Lipinski definition) is 5. The molecule has 0 heterocycles. The van der Waals surface area contributed by atoms with E-state index in [1.165, 1.54) is 12.1 Å². The van der Waals surface area contributed by atoms with Crippen LogP contribution in [-0.4, -0.2) is 33.7 Å². The quantitative estimate of drug-likeness (QED) is 0.304. The van der Waals surface area contributed by atoms with Gasteiger partial charge in [-0.05, 0) is 53.6 Å². The van der Waals surface area contributed by atoms with Crippen LogP contribution in [0.3, 0.4) is 0 Å². The molecular formula is C25H17F3N4O5. The van der Waals surface area contributed by atoms with E-state index in [1.54, 1.807) is 6.07 Å². The van der Waals surface area contributed by atoms with Crippen molar-refractivity contribution in [1.29, 1.82) is 10.7 Å². The van der Waals surface area contributed by atoms with Crippen molar-refractivity contribution >= 4 is 34.9 Å². The SMILES string of the molecule is CC(=O)Nc1ccc(-c2ccc(O)c(C(=N)C(=O)Nc3ccc(C#N)cc3C(=O)O)c2)c(C(F)(F)F)c1. The number of aromatic carboxylic acids is 1. The predicted octanol–water partition coefficient (Wildman–Crippen LogP) is 4.61. The maximum Gasteiger partial charge on any atom is 0.417 e. The Hall–Kier alpha value is -5.18. The number of amides is 2. The Morgan fingerprint density at radius 2 is 1.68 bits per heavy atom. The van der Waals surface area contributed by atoms with Gasteiger partial charge in [-0.25, -0.2) is 4.79 Å². The van der Waals surface area contributed by atoms with Crippen LogP contribution >= 0.6 is 0 Å². The van der Waals surface area contributed by atoms with Crippen molar-refractivity contribution in [3.8, 4) is 22.9 Å². The fourth-order valence-electron chi connectivity index (χ4n) is 3.42. The van der Waals surface area contributed by atoms with Crippen LogP contribution in [0.4, 0.5) is 24.5 Å². The molecule has 0 saturated carbocycles. The monoisotopic (exact) mass is 510 g/mol. The Labute approximate surface area is 207 Å². The van der Waals surface area contributed by atoms with Crippen LogP contribution in [0.25, 0.3) is 11.1 Å². The van der Waals surface area contributed by atoms with Crippen molar-refractivity contribution in [2.24, 2.45) is 0 Å². The third-order valence-corrected chi connectivity index (χ3v) is 5.08. The van der Waals surface area contributed by atoms with Crippen molar-refractivity contribution < 1.29 is 37.8 Å². The summed E-state index contributed by atoms with van der Waals surface area (Å²) >= 11 is 0. The zero-order valence-corrected chi connectivity index (χ0v) is 18.9. The lowest BCUT2D eigenvalue weighted by Crippen LogP contribution is -2.24. The molecule has 0 atom stereocenters. The van der Waals surface area contributed by atoms with Gasteiger partial charge in [0.05, 0.1) is 28.4 Å². The van der Waals surface area contributed by atoms with Gasteiger partial charge in [-0.3, -0.25) is 15.0 Å². The molecule has 188 valence electrons. The van der Waals surface area contributed by atoms with Crippen molar-refractivity contribution in [2.75, 3.05) is 10.6 Å². The number of aromatic hydroxyl groups is 1. The number of carboxylic acid groups (broad SMARTS) is 1. The fourth-order valence-corrected chi connectivity index (χ4v) is 3.42.